The van der Waals surface area contributed by atoms with Crippen LogP contribution in [0.2, 0.25) is 0 Å². The molecule has 0 aliphatic heterocycles. The minimum Gasteiger partial charge on any atom is -0.437 e. The number of amides is 1. The summed E-state index contributed by atoms with van der Waals surface area (Å²) in [7, 11) is 0. The molecule has 0 atom stereocenters. The average Bonchev–Trinajstić information content (AvgIpc) is 2.97. The normalized spacial score (nSPS) is 11.8. The molecule has 0 saturated carbocycles. The maximum absolute atomic E-state index is 13.7. The molecule has 3 aromatic rings. The Bertz CT molecular complexity index is 948. The lowest BCUT2D eigenvalue weighted by atomic mass is 10.1. The molecule has 3 rings (SSSR count). The number of aromatic amines is 1. The van der Waals surface area contributed by atoms with Gasteiger partial charge in [-0.1, -0.05) is 12.1 Å². The van der Waals surface area contributed by atoms with Crippen LogP contribution in [0.25, 0.3) is 11.2 Å². The van der Waals surface area contributed by atoms with Gasteiger partial charge in [0.15, 0.2) is 5.65 Å². The minimum atomic E-state index is -3.06. The van der Waals surface area contributed by atoms with Gasteiger partial charge in [0.1, 0.15) is 11.3 Å². The van der Waals surface area contributed by atoms with Gasteiger partial charge in [0, 0.05) is 19.2 Å². The zero-order valence-electron chi connectivity index (χ0n) is 14.5. The number of nitrogens with one attached hydrogen (secondary N) is 2. The average molecular weight is 360 g/mol. The highest BCUT2D eigenvalue weighted by Gasteiger charge is 2.28. The van der Waals surface area contributed by atoms with Crippen LogP contribution in [0.5, 0.6) is 11.6 Å². The molecule has 0 aliphatic rings. The van der Waals surface area contributed by atoms with E-state index in [9.17, 15) is 13.6 Å². The number of halogens is 2. The number of carbonyl (C=O) groups is 1. The smallest absolute Gasteiger partial charge is 0.274 e. The predicted octanol–water partition coefficient (Wildman–Crippen LogP) is 4.00. The standard InChI is InChI=1S/C18H18F2N4O2/c1-10(2)23-17(25)11-8-21-16-15(11)24-14(9-22-16)26-13-7-5-4-6-12(13)18(3,19)20/h4-10H,1-3H3,(H,21,22)(H,23,25). The fourth-order valence-corrected chi connectivity index (χ4v) is 2.47. The number of para-hydroxylation sites is 1. The fraction of sp³-hybridized carbons (Fsp3) is 0.278. The second-order valence-electron chi connectivity index (χ2n) is 6.22. The van der Waals surface area contributed by atoms with Crippen molar-refractivity contribution in [2.75, 3.05) is 0 Å². The van der Waals surface area contributed by atoms with E-state index in [4.69, 9.17) is 4.74 Å². The van der Waals surface area contributed by atoms with Gasteiger partial charge >= 0.3 is 0 Å². The Labute approximate surface area is 148 Å². The van der Waals surface area contributed by atoms with Crippen molar-refractivity contribution in [2.24, 2.45) is 0 Å². The molecule has 0 unspecified atom stereocenters. The Morgan fingerprint density at radius 1 is 1.31 bits per heavy atom. The molecule has 6 nitrogen and oxygen atoms in total. The van der Waals surface area contributed by atoms with Crippen LogP contribution in [0, 0.1) is 0 Å². The zero-order chi connectivity index (χ0) is 18.9. The van der Waals surface area contributed by atoms with E-state index in [1.165, 1.54) is 30.6 Å². The summed E-state index contributed by atoms with van der Waals surface area (Å²) in [6.45, 7) is 4.48. The summed E-state index contributed by atoms with van der Waals surface area (Å²) in [4.78, 5) is 23.5. The molecule has 0 bridgehead atoms. The molecule has 1 amide bonds. The molecule has 26 heavy (non-hydrogen) atoms. The summed E-state index contributed by atoms with van der Waals surface area (Å²) >= 11 is 0. The molecule has 2 heterocycles. The zero-order valence-corrected chi connectivity index (χ0v) is 14.5. The first-order valence-electron chi connectivity index (χ1n) is 8.06. The maximum Gasteiger partial charge on any atom is 0.274 e. The molecule has 2 N–H and O–H groups in total. The first kappa shape index (κ1) is 17.8. The highest BCUT2D eigenvalue weighted by atomic mass is 19.3. The summed E-state index contributed by atoms with van der Waals surface area (Å²) in [5.41, 5.74) is 0.760. The number of aromatic nitrogens is 3. The Morgan fingerprint density at radius 2 is 2.04 bits per heavy atom. The van der Waals surface area contributed by atoms with Crippen molar-refractivity contribution in [1.29, 1.82) is 0 Å². The quantitative estimate of drug-likeness (QED) is 0.721. The van der Waals surface area contributed by atoms with Crippen molar-refractivity contribution < 1.29 is 18.3 Å². The fourth-order valence-electron chi connectivity index (χ4n) is 2.47. The molecule has 136 valence electrons. The van der Waals surface area contributed by atoms with Gasteiger partial charge in [0.05, 0.1) is 17.3 Å². The lowest BCUT2D eigenvalue weighted by Gasteiger charge is -2.15. The minimum absolute atomic E-state index is 0.0163. The Kier molecular flexibility index (Phi) is 4.58. The van der Waals surface area contributed by atoms with E-state index < -0.39 is 5.92 Å². The summed E-state index contributed by atoms with van der Waals surface area (Å²) in [5, 5.41) is 2.77. The summed E-state index contributed by atoms with van der Waals surface area (Å²) < 4.78 is 33.0. The third kappa shape index (κ3) is 3.63. The second-order valence-corrected chi connectivity index (χ2v) is 6.22. The van der Waals surface area contributed by atoms with E-state index in [0.717, 1.165) is 6.92 Å². The van der Waals surface area contributed by atoms with Gasteiger partial charge in [-0.2, -0.15) is 0 Å². The number of rotatable bonds is 5. The van der Waals surface area contributed by atoms with Crippen LogP contribution in [0.3, 0.4) is 0 Å². The Morgan fingerprint density at radius 3 is 2.73 bits per heavy atom. The van der Waals surface area contributed by atoms with E-state index >= 15 is 0 Å². The lowest BCUT2D eigenvalue weighted by molar-refractivity contribution is 0.0155. The lowest BCUT2D eigenvalue weighted by Crippen LogP contribution is -2.29. The number of hydrogen-bond donors (Lipinski definition) is 2. The molecule has 1 aromatic carbocycles. The number of nitrogens with zero attached hydrogens (tertiary/aromatic N) is 2. The van der Waals surface area contributed by atoms with Crippen LogP contribution in [0.1, 0.15) is 36.7 Å². The third-order valence-electron chi connectivity index (χ3n) is 3.60. The van der Waals surface area contributed by atoms with Crippen LogP contribution in [-0.4, -0.2) is 26.9 Å². The van der Waals surface area contributed by atoms with E-state index in [-0.39, 0.29) is 29.1 Å². The molecule has 0 spiro atoms. The highest BCUT2D eigenvalue weighted by molar-refractivity contribution is 6.04. The molecular weight excluding hydrogens is 342 g/mol. The molecule has 2 aromatic heterocycles. The Hall–Kier alpha value is -3.03. The Balaban J connectivity index is 1.97. The van der Waals surface area contributed by atoms with Gasteiger partial charge in [0.25, 0.3) is 11.8 Å². The molecule has 0 fully saturated rings. The summed E-state index contributed by atoms with van der Waals surface area (Å²) in [6, 6.07) is 5.78. The SMILES string of the molecule is CC(C)NC(=O)c1c[nH]c2ncc(Oc3ccccc3C(C)(F)F)nc12. The topological polar surface area (TPSA) is 79.9 Å². The monoisotopic (exact) mass is 360 g/mol. The number of fused-ring (bicyclic) bond motifs is 1. The summed E-state index contributed by atoms with van der Waals surface area (Å²) in [6.07, 6.45) is 2.81. The van der Waals surface area contributed by atoms with Gasteiger partial charge < -0.3 is 15.0 Å². The first-order chi connectivity index (χ1) is 12.3. The molecular formula is C18H18F2N4O2. The molecule has 0 radical (unpaired) electrons. The molecule has 0 saturated heterocycles. The van der Waals surface area contributed by atoms with Gasteiger partial charge in [-0.3, -0.25) is 4.79 Å². The molecule has 8 heteroatoms. The van der Waals surface area contributed by atoms with E-state index in [1.54, 1.807) is 6.07 Å². The van der Waals surface area contributed by atoms with Gasteiger partial charge in [-0.25, -0.2) is 18.7 Å². The van der Waals surface area contributed by atoms with Crippen molar-refractivity contribution in [3.63, 3.8) is 0 Å². The van der Waals surface area contributed by atoms with E-state index in [0.29, 0.717) is 16.7 Å². The number of ether oxygens (including phenoxy) is 1. The van der Waals surface area contributed by atoms with Crippen molar-refractivity contribution in [2.45, 2.75) is 32.7 Å². The van der Waals surface area contributed by atoms with Gasteiger partial charge in [0.2, 0.25) is 5.88 Å². The van der Waals surface area contributed by atoms with Crippen LogP contribution in [-0.2, 0) is 5.92 Å². The second kappa shape index (κ2) is 6.70. The largest absolute Gasteiger partial charge is 0.437 e. The third-order valence-corrected chi connectivity index (χ3v) is 3.60. The number of hydrogen-bond acceptors (Lipinski definition) is 4. The van der Waals surface area contributed by atoms with Crippen molar-refractivity contribution in [3.05, 3.63) is 47.8 Å². The van der Waals surface area contributed by atoms with Crippen LogP contribution in [0.4, 0.5) is 8.78 Å². The number of alkyl halides is 2. The van der Waals surface area contributed by atoms with Crippen LogP contribution >= 0.6 is 0 Å². The number of H-pyrrole nitrogens is 1. The van der Waals surface area contributed by atoms with Crippen molar-refractivity contribution in [1.82, 2.24) is 20.3 Å². The van der Waals surface area contributed by atoms with Crippen LogP contribution in [0.15, 0.2) is 36.7 Å². The van der Waals surface area contributed by atoms with E-state index in [1.807, 2.05) is 13.8 Å². The molecule has 0 aliphatic carbocycles. The van der Waals surface area contributed by atoms with Crippen molar-refractivity contribution in [3.8, 4) is 11.6 Å². The summed E-state index contributed by atoms with van der Waals surface area (Å²) in [5.74, 6) is -3.37. The first-order valence-corrected chi connectivity index (χ1v) is 8.06. The van der Waals surface area contributed by atoms with Crippen LogP contribution < -0.4 is 10.1 Å². The van der Waals surface area contributed by atoms with E-state index in [2.05, 4.69) is 20.3 Å². The maximum atomic E-state index is 13.7. The highest BCUT2D eigenvalue weighted by Crippen LogP contribution is 2.36. The predicted molar refractivity (Wildman–Crippen MR) is 92.6 cm³/mol. The van der Waals surface area contributed by atoms with Gasteiger partial charge in [-0.15, -0.1) is 0 Å². The van der Waals surface area contributed by atoms with Gasteiger partial charge in [-0.05, 0) is 26.0 Å². The number of benzene rings is 1. The number of carbonyl (C=O) groups excluding carboxylic acids is 1. The van der Waals surface area contributed by atoms with Crippen molar-refractivity contribution >= 4 is 17.1 Å².